The van der Waals surface area contributed by atoms with Crippen LogP contribution < -0.4 is 0 Å². The summed E-state index contributed by atoms with van der Waals surface area (Å²) in [4.78, 5) is 29.4. The van der Waals surface area contributed by atoms with E-state index in [0.717, 1.165) is 6.92 Å². The predicted molar refractivity (Wildman–Crippen MR) is 48.4 cm³/mol. The molecule has 0 saturated carbocycles. The van der Waals surface area contributed by atoms with Gasteiger partial charge in [0.2, 0.25) is 5.60 Å². The van der Waals surface area contributed by atoms with Gasteiger partial charge in [0.05, 0.1) is 0 Å². The van der Waals surface area contributed by atoms with Crippen molar-refractivity contribution in [3.63, 3.8) is 0 Å². The van der Waals surface area contributed by atoms with Crippen molar-refractivity contribution in [2.24, 2.45) is 0 Å². The fourth-order valence-corrected chi connectivity index (χ4v) is 1.46. The zero-order chi connectivity index (χ0) is 12.1. The van der Waals surface area contributed by atoms with Crippen molar-refractivity contribution in [1.29, 1.82) is 0 Å². The largest absolute Gasteiger partial charge is 0.695 e. The summed E-state index contributed by atoms with van der Waals surface area (Å²) in [6.07, 6.45) is -0.300. The van der Waals surface area contributed by atoms with Crippen LogP contribution in [0.3, 0.4) is 0 Å². The first-order valence-corrected chi connectivity index (χ1v) is 5.21. The Morgan fingerprint density at radius 2 is 1.93 bits per heavy atom. The molecule has 8 heteroatoms. The van der Waals surface area contributed by atoms with Crippen molar-refractivity contribution in [1.82, 2.24) is 0 Å². The summed E-state index contributed by atoms with van der Waals surface area (Å²) in [6, 6.07) is 0. The molecule has 86 valence electrons. The molecule has 0 aromatic heterocycles. The standard InChI is InChI=1S/C7H11O7P/c1-7(6(10)11,14-15(12)13)4-2-3-5(8)9/h2-4H2,1H3,(H2-,8,9,10,11,12,13)/p+1. The van der Waals surface area contributed by atoms with Crippen LogP contribution in [0.15, 0.2) is 0 Å². The highest BCUT2D eigenvalue weighted by Gasteiger charge is 2.42. The van der Waals surface area contributed by atoms with E-state index in [9.17, 15) is 14.2 Å². The summed E-state index contributed by atoms with van der Waals surface area (Å²) in [5.74, 6) is -2.46. The van der Waals surface area contributed by atoms with Gasteiger partial charge in [0, 0.05) is 11.0 Å². The third kappa shape index (κ3) is 5.41. The molecule has 0 fully saturated rings. The third-order valence-electron chi connectivity index (χ3n) is 1.78. The van der Waals surface area contributed by atoms with E-state index >= 15 is 0 Å². The van der Waals surface area contributed by atoms with E-state index in [2.05, 4.69) is 4.52 Å². The van der Waals surface area contributed by atoms with Gasteiger partial charge in [0.15, 0.2) is 0 Å². The molecule has 0 amide bonds. The molecule has 0 heterocycles. The lowest BCUT2D eigenvalue weighted by Gasteiger charge is -2.16. The second-order valence-electron chi connectivity index (χ2n) is 3.11. The normalized spacial score (nSPS) is 15.5. The predicted octanol–water partition coefficient (Wildman–Crippen LogP) is 0.751. The van der Waals surface area contributed by atoms with Crippen LogP contribution >= 0.6 is 8.25 Å². The Morgan fingerprint density at radius 3 is 2.27 bits per heavy atom. The van der Waals surface area contributed by atoms with Crippen LogP contribution in [0.2, 0.25) is 0 Å². The topological polar surface area (TPSA) is 121 Å². The first kappa shape index (κ1) is 14.0. The first-order valence-electron chi connectivity index (χ1n) is 4.08. The molecule has 0 aliphatic heterocycles. The van der Waals surface area contributed by atoms with Crippen molar-refractivity contribution < 1.29 is 33.8 Å². The fraction of sp³-hybridized carbons (Fsp3) is 0.714. The van der Waals surface area contributed by atoms with Crippen molar-refractivity contribution >= 4 is 20.2 Å². The van der Waals surface area contributed by atoms with Crippen molar-refractivity contribution in [3.05, 3.63) is 0 Å². The second-order valence-corrected chi connectivity index (χ2v) is 3.77. The molecule has 0 aliphatic carbocycles. The highest BCUT2D eigenvalue weighted by molar-refractivity contribution is 7.32. The van der Waals surface area contributed by atoms with Crippen molar-refractivity contribution in [2.45, 2.75) is 31.8 Å². The van der Waals surface area contributed by atoms with Crippen LogP contribution in [0.4, 0.5) is 0 Å². The Kier molecular flexibility index (Phi) is 5.35. The van der Waals surface area contributed by atoms with Crippen LogP contribution in [-0.4, -0.2) is 32.6 Å². The van der Waals surface area contributed by atoms with E-state index in [1.807, 2.05) is 0 Å². The number of aliphatic carboxylic acids is 2. The lowest BCUT2D eigenvalue weighted by Crippen LogP contribution is -2.36. The van der Waals surface area contributed by atoms with Gasteiger partial charge >= 0.3 is 20.2 Å². The average molecular weight is 239 g/mol. The number of carbonyl (C=O) groups is 2. The molecule has 0 aliphatic rings. The van der Waals surface area contributed by atoms with Gasteiger partial charge in [0.25, 0.3) is 0 Å². The summed E-state index contributed by atoms with van der Waals surface area (Å²) in [7, 11) is -3.03. The number of hydrogen-bond donors (Lipinski definition) is 3. The van der Waals surface area contributed by atoms with E-state index in [4.69, 9.17) is 15.1 Å². The fourth-order valence-electron chi connectivity index (χ4n) is 0.941. The lowest BCUT2D eigenvalue weighted by molar-refractivity contribution is -0.155. The quantitative estimate of drug-likeness (QED) is 0.560. The number of carboxylic acid groups (broad SMARTS) is 2. The van der Waals surface area contributed by atoms with Crippen LogP contribution in [0.5, 0.6) is 0 Å². The van der Waals surface area contributed by atoms with Gasteiger partial charge in [-0.1, -0.05) is 0 Å². The van der Waals surface area contributed by atoms with E-state index in [1.165, 1.54) is 0 Å². The van der Waals surface area contributed by atoms with Gasteiger partial charge in [-0.3, -0.25) is 4.79 Å². The Balaban J connectivity index is 4.32. The Morgan fingerprint density at radius 1 is 1.40 bits per heavy atom. The van der Waals surface area contributed by atoms with Gasteiger partial charge in [-0.25, -0.2) is 4.79 Å². The maximum atomic E-state index is 10.7. The molecule has 0 bridgehead atoms. The molecule has 2 atom stereocenters. The van der Waals surface area contributed by atoms with Gasteiger partial charge in [-0.2, -0.15) is 0 Å². The molecule has 0 aromatic rings. The molecule has 7 nitrogen and oxygen atoms in total. The molecule has 0 saturated heterocycles. The summed E-state index contributed by atoms with van der Waals surface area (Å²) in [5.41, 5.74) is -1.82. The van der Waals surface area contributed by atoms with Gasteiger partial charge in [-0.05, 0) is 19.8 Å². The zero-order valence-corrected chi connectivity index (χ0v) is 8.94. The molecule has 3 N–H and O–H groups in total. The first-order chi connectivity index (χ1) is 6.78. The number of carboxylic acids is 2. The van der Waals surface area contributed by atoms with Crippen LogP contribution in [-0.2, 0) is 18.7 Å². The Labute approximate surface area is 86.6 Å². The summed E-state index contributed by atoms with van der Waals surface area (Å²) in [6.45, 7) is 1.13. The molecule has 0 aromatic carbocycles. The van der Waals surface area contributed by atoms with Gasteiger partial charge in [-0.15, -0.1) is 9.42 Å². The molecule has 0 radical (unpaired) electrons. The molecular weight excluding hydrogens is 227 g/mol. The molecule has 2 unspecified atom stereocenters. The van der Waals surface area contributed by atoms with Crippen LogP contribution in [0.25, 0.3) is 0 Å². The third-order valence-corrected chi connectivity index (χ3v) is 2.34. The van der Waals surface area contributed by atoms with E-state index < -0.39 is 25.8 Å². The maximum absolute atomic E-state index is 10.7. The minimum Gasteiger partial charge on any atom is -0.481 e. The lowest BCUT2D eigenvalue weighted by atomic mass is 9.99. The zero-order valence-electron chi connectivity index (χ0n) is 8.04. The minimum absolute atomic E-state index is 0.0569. The average Bonchev–Trinajstić information content (AvgIpc) is 2.01. The minimum atomic E-state index is -3.03. The maximum Gasteiger partial charge on any atom is 0.695 e. The summed E-state index contributed by atoms with van der Waals surface area (Å²) >= 11 is 0. The van der Waals surface area contributed by atoms with E-state index in [0.29, 0.717) is 0 Å². The highest BCUT2D eigenvalue weighted by Crippen LogP contribution is 2.30. The van der Waals surface area contributed by atoms with Crippen LogP contribution in [0.1, 0.15) is 26.2 Å². The molecular formula is C7H12O7P+. The Hall–Kier alpha value is -1.04. The monoisotopic (exact) mass is 239 g/mol. The van der Waals surface area contributed by atoms with Gasteiger partial charge < -0.3 is 10.2 Å². The SMILES string of the molecule is CC(CCCC(=O)O)(O[P+](=O)O)C(=O)O. The Bertz CT molecular complexity index is 277. The highest BCUT2D eigenvalue weighted by atomic mass is 31.1. The second kappa shape index (κ2) is 5.75. The summed E-state index contributed by atoms with van der Waals surface area (Å²) in [5, 5.41) is 17.1. The van der Waals surface area contributed by atoms with Crippen LogP contribution in [0, 0.1) is 0 Å². The number of hydrogen-bond acceptors (Lipinski definition) is 4. The van der Waals surface area contributed by atoms with Crippen molar-refractivity contribution in [3.8, 4) is 0 Å². The molecule has 0 spiro atoms. The van der Waals surface area contributed by atoms with E-state index in [-0.39, 0.29) is 19.3 Å². The van der Waals surface area contributed by atoms with Gasteiger partial charge in [0.1, 0.15) is 0 Å². The summed E-state index contributed by atoms with van der Waals surface area (Å²) < 4.78 is 14.7. The number of rotatable bonds is 7. The van der Waals surface area contributed by atoms with Crippen molar-refractivity contribution in [2.75, 3.05) is 0 Å². The smallest absolute Gasteiger partial charge is 0.481 e. The van der Waals surface area contributed by atoms with E-state index in [1.54, 1.807) is 0 Å². The molecule has 0 rings (SSSR count). The molecule has 15 heavy (non-hydrogen) atoms.